The van der Waals surface area contributed by atoms with Gasteiger partial charge in [-0.05, 0) is 24.6 Å². The lowest BCUT2D eigenvalue weighted by atomic mass is 10.0. The standard InChI is InChI=1S/C18H20O5/c1-21-16-11-9-13(17(16)18(20)22-2)8-10-14(19)12-23-15-6-4-3-5-7-15/h3-8,10,13H,9,11-12H2,1-2H3. The summed E-state index contributed by atoms with van der Waals surface area (Å²) in [5.74, 6) is 0.524. The third kappa shape index (κ3) is 4.45. The first-order valence-electron chi connectivity index (χ1n) is 7.40. The molecule has 5 heteroatoms. The van der Waals surface area contributed by atoms with Crippen molar-refractivity contribution in [1.29, 1.82) is 0 Å². The number of hydrogen-bond donors (Lipinski definition) is 0. The van der Waals surface area contributed by atoms with Gasteiger partial charge in [-0.25, -0.2) is 4.79 Å². The number of esters is 1. The second kappa shape index (κ2) is 8.17. The molecule has 23 heavy (non-hydrogen) atoms. The van der Waals surface area contributed by atoms with E-state index in [2.05, 4.69) is 0 Å². The minimum atomic E-state index is -0.415. The third-order valence-electron chi connectivity index (χ3n) is 3.64. The molecule has 2 rings (SSSR count). The van der Waals surface area contributed by atoms with Crippen molar-refractivity contribution in [3.8, 4) is 5.75 Å². The Morgan fingerprint density at radius 1 is 1.22 bits per heavy atom. The average molecular weight is 316 g/mol. The third-order valence-corrected chi connectivity index (χ3v) is 3.64. The zero-order valence-electron chi connectivity index (χ0n) is 13.3. The van der Waals surface area contributed by atoms with E-state index in [-0.39, 0.29) is 18.3 Å². The maximum Gasteiger partial charge on any atom is 0.337 e. The van der Waals surface area contributed by atoms with Crippen molar-refractivity contribution in [2.75, 3.05) is 20.8 Å². The highest BCUT2D eigenvalue weighted by Gasteiger charge is 2.30. The molecule has 0 heterocycles. The molecule has 0 radical (unpaired) electrons. The van der Waals surface area contributed by atoms with Crippen LogP contribution in [0.3, 0.4) is 0 Å². The van der Waals surface area contributed by atoms with Gasteiger partial charge in [0.2, 0.25) is 0 Å². The lowest BCUT2D eigenvalue weighted by Gasteiger charge is -2.09. The normalized spacial score (nSPS) is 17.4. The SMILES string of the molecule is COC(=O)C1=C(OC)CCC1C=CC(=O)COc1ccccc1. The Labute approximate surface area is 135 Å². The molecular formula is C18H20O5. The molecule has 0 spiro atoms. The Hall–Kier alpha value is -2.56. The smallest absolute Gasteiger partial charge is 0.337 e. The van der Waals surface area contributed by atoms with Crippen molar-refractivity contribution in [2.24, 2.45) is 5.92 Å². The largest absolute Gasteiger partial charge is 0.501 e. The molecule has 1 atom stereocenters. The fourth-order valence-electron chi connectivity index (χ4n) is 2.49. The monoisotopic (exact) mass is 316 g/mol. The zero-order valence-corrected chi connectivity index (χ0v) is 13.3. The number of carbonyl (C=O) groups excluding carboxylic acids is 2. The van der Waals surface area contributed by atoms with Crippen LogP contribution in [0, 0.1) is 5.92 Å². The number of ketones is 1. The Morgan fingerprint density at radius 3 is 2.61 bits per heavy atom. The van der Waals surface area contributed by atoms with E-state index >= 15 is 0 Å². The van der Waals surface area contributed by atoms with E-state index in [0.29, 0.717) is 23.5 Å². The Morgan fingerprint density at radius 2 is 1.96 bits per heavy atom. The second-order valence-electron chi connectivity index (χ2n) is 5.10. The van der Waals surface area contributed by atoms with Gasteiger partial charge in [0.15, 0.2) is 12.4 Å². The first-order valence-corrected chi connectivity index (χ1v) is 7.40. The van der Waals surface area contributed by atoms with E-state index in [1.54, 1.807) is 18.2 Å². The Balaban J connectivity index is 1.95. The summed E-state index contributed by atoms with van der Waals surface area (Å²) < 4.78 is 15.4. The number of allylic oxidation sites excluding steroid dienone is 2. The number of rotatable bonds is 7. The number of hydrogen-bond acceptors (Lipinski definition) is 5. The van der Waals surface area contributed by atoms with Crippen LogP contribution in [0.5, 0.6) is 5.75 Å². The Bertz CT molecular complexity index is 616. The van der Waals surface area contributed by atoms with Crippen molar-refractivity contribution in [3.05, 3.63) is 53.8 Å². The first-order chi connectivity index (χ1) is 11.2. The topological polar surface area (TPSA) is 61.8 Å². The average Bonchev–Trinajstić information content (AvgIpc) is 3.01. The van der Waals surface area contributed by atoms with Gasteiger partial charge in [-0.2, -0.15) is 0 Å². The summed E-state index contributed by atoms with van der Waals surface area (Å²) in [6.07, 6.45) is 4.55. The van der Waals surface area contributed by atoms with Gasteiger partial charge in [-0.15, -0.1) is 0 Å². The maximum atomic E-state index is 11.9. The number of ether oxygens (including phenoxy) is 3. The summed E-state index contributed by atoms with van der Waals surface area (Å²) in [4.78, 5) is 23.7. The van der Waals surface area contributed by atoms with Crippen molar-refractivity contribution < 1.29 is 23.8 Å². The van der Waals surface area contributed by atoms with Crippen molar-refractivity contribution in [2.45, 2.75) is 12.8 Å². The number of methoxy groups -OCH3 is 2. The van der Waals surface area contributed by atoms with Crippen LogP contribution >= 0.6 is 0 Å². The molecule has 0 aromatic heterocycles. The summed E-state index contributed by atoms with van der Waals surface area (Å²) in [6, 6.07) is 9.14. The molecule has 1 aromatic carbocycles. The molecule has 0 fully saturated rings. The maximum absolute atomic E-state index is 11.9. The molecule has 0 bridgehead atoms. The molecule has 0 saturated heterocycles. The molecule has 1 aliphatic rings. The highest BCUT2D eigenvalue weighted by atomic mass is 16.5. The van der Waals surface area contributed by atoms with Crippen LogP contribution in [0.25, 0.3) is 0 Å². The minimum absolute atomic E-state index is 0.0400. The first kappa shape index (κ1) is 16.8. The lowest BCUT2D eigenvalue weighted by Crippen LogP contribution is -2.13. The molecule has 0 saturated carbocycles. The van der Waals surface area contributed by atoms with Crippen LogP contribution in [0.1, 0.15) is 12.8 Å². The minimum Gasteiger partial charge on any atom is -0.501 e. The second-order valence-corrected chi connectivity index (χ2v) is 5.10. The fourth-order valence-corrected chi connectivity index (χ4v) is 2.49. The predicted octanol–water partition coefficient (Wildman–Crippen LogP) is 2.67. The van der Waals surface area contributed by atoms with Crippen LogP contribution in [0.4, 0.5) is 0 Å². The fraction of sp³-hybridized carbons (Fsp3) is 0.333. The van der Waals surface area contributed by atoms with Crippen molar-refractivity contribution >= 4 is 11.8 Å². The van der Waals surface area contributed by atoms with Gasteiger partial charge in [0, 0.05) is 12.3 Å². The van der Waals surface area contributed by atoms with Crippen LogP contribution in [0.2, 0.25) is 0 Å². The van der Waals surface area contributed by atoms with E-state index in [9.17, 15) is 9.59 Å². The van der Waals surface area contributed by atoms with E-state index in [1.807, 2.05) is 18.2 Å². The lowest BCUT2D eigenvalue weighted by molar-refractivity contribution is -0.136. The van der Waals surface area contributed by atoms with Crippen LogP contribution in [-0.4, -0.2) is 32.6 Å². The summed E-state index contributed by atoms with van der Waals surface area (Å²) in [5.41, 5.74) is 0.489. The van der Waals surface area contributed by atoms with Crippen LogP contribution in [0.15, 0.2) is 53.8 Å². The molecule has 1 aromatic rings. The van der Waals surface area contributed by atoms with Gasteiger partial charge < -0.3 is 14.2 Å². The number of para-hydroxylation sites is 1. The van der Waals surface area contributed by atoms with Crippen molar-refractivity contribution in [1.82, 2.24) is 0 Å². The zero-order chi connectivity index (χ0) is 16.7. The molecule has 0 aliphatic heterocycles. The van der Waals surface area contributed by atoms with Gasteiger partial charge in [0.1, 0.15) is 11.5 Å². The van der Waals surface area contributed by atoms with Gasteiger partial charge >= 0.3 is 5.97 Å². The van der Waals surface area contributed by atoms with Gasteiger partial charge in [0.25, 0.3) is 0 Å². The molecular weight excluding hydrogens is 296 g/mol. The number of carbonyl (C=O) groups is 2. The highest BCUT2D eigenvalue weighted by Crippen LogP contribution is 2.34. The summed E-state index contributed by atoms with van der Waals surface area (Å²) >= 11 is 0. The summed E-state index contributed by atoms with van der Waals surface area (Å²) in [5, 5.41) is 0. The molecule has 122 valence electrons. The molecule has 0 N–H and O–H groups in total. The predicted molar refractivity (Wildman–Crippen MR) is 84.9 cm³/mol. The van der Waals surface area contributed by atoms with Gasteiger partial charge in [0.05, 0.1) is 19.8 Å². The van der Waals surface area contributed by atoms with E-state index in [0.717, 1.165) is 6.42 Å². The van der Waals surface area contributed by atoms with Crippen molar-refractivity contribution in [3.63, 3.8) is 0 Å². The molecule has 1 unspecified atom stereocenters. The summed E-state index contributed by atoms with van der Waals surface area (Å²) in [7, 11) is 2.86. The van der Waals surface area contributed by atoms with E-state index < -0.39 is 5.97 Å². The van der Waals surface area contributed by atoms with Crippen LogP contribution in [-0.2, 0) is 19.1 Å². The van der Waals surface area contributed by atoms with Gasteiger partial charge in [-0.3, -0.25) is 4.79 Å². The van der Waals surface area contributed by atoms with E-state index in [1.165, 1.54) is 20.3 Å². The summed E-state index contributed by atoms with van der Waals surface area (Å²) in [6.45, 7) is -0.0400. The highest BCUT2D eigenvalue weighted by molar-refractivity contribution is 5.93. The molecule has 1 aliphatic carbocycles. The van der Waals surface area contributed by atoms with Gasteiger partial charge in [-0.1, -0.05) is 24.3 Å². The number of benzene rings is 1. The molecule has 5 nitrogen and oxygen atoms in total. The van der Waals surface area contributed by atoms with Crippen LogP contribution < -0.4 is 4.74 Å². The van der Waals surface area contributed by atoms with E-state index in [4.69, 9.17) is 14.2 Å². The quantitative estimate of drug-likeness (QED) is 0.572. The molecule has 0 amide bonds. The Kier molecular flexibility index (Phi) is 5.97.